The number of nitrogens with zero attached hydrogens (tertiary/aromatic N) is 2. The molecule has 1 fully saturated rings. The van der Waals surface area contributed by atoms with E-state index >= 15 is 0 Å². The quantitative estimate of drug-likeness (QED) is 0.606. The summed E-state index contributed by atoms with van der Waals surface area (Å²) in [5.74, 6) is -0.799. The predicted molar refractivity (Wildman–Crippen MR) is 124 cm³/mol. The van der Waals surface area contributed by atoms with Crippen LogP contribution in [-0.4, -0.2) is 58.5 Å². The average molecular weight is 501 g/mol. The number of anilines is 2. The van der Waals surface area contributed by atoms with Crippen molar-refractivity contribution in [2.45, 2.75) is 17.7 Å². The standard InChI is InChI=1S/C20H25ClN4O5S2/c1-24(2)32(29,30)25-13-3-4-15(14-25)20(26)22-17-9-11-19(12-10-17)31(27,28)23-18-7-5-16(21)6-8-18/h5-12,15,23H,3-4,13-14H2,1-2H3,(H,22,26). The topological polar surface area (TPSA) is 116 Å². The van der Waals surface area contributed by atoms with Gasteiger partial charge in [-0.3, -0.25) is 9.52 Å². The van der Waals surface area contributed by atoms with Gasteiger partial charge in [-0.15, -0.1) is 0 Å². The predicted octanol–water partition coefficient (Wildman–Crippen LogP) is 2.60. The van der Waals surface area contributed by atoms with Gasteiger partial charge in [0.2, 0.25) is 5.91 Å². The maximum atomic E-state index is 12.7. The van der Waals surface area contributed by atoms with Gasteiger partial charge in [0.25, 0.3) is 20.2 Å². The molecule has 1 unspecified atom stereocenters. The Morgan fingerprint density at radius 2 is 1.59 bits per heavy atom. The lowest BCUT2D eigenvalue weighted by atomic mass is 9.99. The zero-order valence-electron chi connectivity index (χ0n) is 17.7. The summed E-state index contributed by atoms with van der Waals surface area (Å²) >= 11 is 5.81. The summed E-state index contributed by atoms with van der Waals surface area (Å²) in [4.78, 5) is 12.7. The largest absolute Gasteiger partial charge is 0.326 e. The molecule has 174 valence electrons. The molecule has 9 nitrogen and oxygen atoms in total. The van der Waals surface area contributed by atoms with Crippen LogP contribution in [0.2, 0.25) is 5.02 Å². The Morgan fingerprint density at radius 1 is 1.00 bits per heavy atom. The second kappa shape index (κ2) is 9.75. The van der Waals surface area contributed by atoms with Crippen LogP contribution in [0.3, 0.4) is 0 Å². The minimum atomic E-state index is -3.81. The van der Waals surface area contributed by atoms with E-state index in [4.69, 9.17) is 11.6 Å². The molecule has 0 radical (unpaired) electrons. The van der Waals surface area contributed by atoms with Crippen LogP contribution < -0.4 is 10.0 Å². The lowest BCUT2D eigenvalue weighted by Crippen LogP contribution is -2.47. The molecule has 32 heavy (non-hydrogen) atoms. The van der Waals surface area contributed by atoms with E-state index in [2.05, 4.69) is 10.0 Å². The molecule has 1 aliphatic rings. The van der Waals surface area contributed by atoms with Crippen molar-refractivity contribution >= 4 is 49.1 Å². The first-order chi connectivity index (χ1) is 15.0. The Labute approximate surface area is 193 Å². The van der Waals surface area contributed by atoms with Crippen LogP contribution in [0, 0.1) is 5.92 Å². The molecule has 0 aliphatic carbocycles. The minimum Gasteiger partial charge on any atom is -0.326 e. The zero-order chi connectivity index (χ0) is 23.5. The monoisotopic (exact) mass is 500 g/mol. The molecular formula is C20H25ClN4O5S2. The molecule has 1 atom stereocenters. The van der Waals surface area contributed by atoms with E-state index in [1.165, 1.54) is 42.7 Å². The summed E-state index contributed by atoms with van der Waals surface area (Å²) in [6.45, 7) is 0.474. The summed E-state index contributed by atoms with van der Waals surface area (Å²) in [5, 5.41) is 3.24. The molecule has 2 aromatic carbocycles. The minimum absolute atomic E-state index is 0.0337. The first kappa shape index (κ1) is 24.5. The van der Waals surface area contributed by atoms with Gasteiger partial charge in [-0.25, -0.2) is 8.42 Å². The number of sulfonamides is 1. The number of hydrogen-bond acceptors (Lipinski definition) is 5. The molecule has 1 saturated heterocycles. The maximum Gasteiger partial charge on any atom is 0.281 e. The Kier molecular flexibility index (Phi) is 7.46. The number of carbonyl (C=O) groups is 1. The van der Waals surface area contributed by atoms with Crippen molar-refractivity contribution in [1.29, 1.82) is 0 Å². The van der Waals surface area contributed by atoms with Crippen LogP contribution in [0.4, 0.5) is 11.4 Å². The number of nitrogens with one attached hydrogen (secondary N) is 2. The lowest BCUT2D eigenvalue weighted by Gasteiger charge is -2.32. The van der Waals surface area contributed by atoms with Crippen molar-refractivity contribution in [3.63, 3.8) is 0 Å². The molecule has 3 rings (SSSR count). The first-order valence-corrected chi connectivity index (χ1v) is 13.1. The number of rotatable bonds is 7. The fraction of sp³-hybridized carbons (Fsp3) is 0.350. The molecule has 2 aromatic rings. The fourth-order valence-electron chi connectivity index (χ4n) is 3.29. The lowest BCUT2D eigenvalue weighted by molar-refractivity contribution is -0.120. The van der Waals surface area contributed by atoms with Crippen molar-refractivity contribution in [2.75, 3.05) is 37.2 Å². The third-order valence-corrected chi connectivity index (χ3v) is 8.63. The van der Waals surface area contributed by atoms with Gasteiger partial charge in [-0.1, -0.05) is 11.6 Å². The Balaban J connectivity index is 1.65. The fourth-order valence-corrected chi connectivity index (χ4v) is 5.67. The summed E-state index contributed by atoms with van der Waals surface area (Å²) in [6.07, 6.45) is 1.15. The van der Waals surface area contributed by atoms with E-state index in [0.29, 0.717) is 35.8 Å². The van der Waals surface area contributed by atoms with Gasteiger partial charge in [0.05, 0.1) is 10.8 Å². The number of halogens is 1. The average Bonchev–Trinajstić information content (AvgIpc) is 2.75. The van der Waals surface area contributed by atoms with Gasteiger partial charge in [-0.05, 0) is 61.4 Å². The molecule has 1 aliphatic heterocycles. The summed E-state index contributed by atoms with van der Waals surface area (Å²) in [6, 6.07) is 12.0. The van der Waals surface area contributed by atoms with E-state index in [-0.39, 0.29) is 17.3 Å². The Bertz CT molecular complexity index is 1170. The van der Waals surface area contributed by atoms with Crippen molar-refractivity contribution in [2.24, 2.45) is 5.92 Å². The van der Waals surface area contributed by atoms with Crippen LogP contribution in [-0.2, 0) is 25.0 Å². The van der Waals surface area contributed by atoms with Gasteiger partial charge in [0, 0.05) is 43.6 Å². The molecular weight excluding hydrogens is 476 g/mol. The Hall–Kier alpha value is -2.18. The van der Waals surface area contributed by atoms with E-state index in [1.54, 1.807) is 24.3 Å². The van der Waals surface area contributed by atoms with Crippen molar-refractivity contribution in [3.05, 3.63) is 53.6 Å². The highest BCUT2D eigenvalue weighted by molar-refractivity contribution is 7.92. The molecule has 0 saturated carbocycles. The van der Waals surface area contributed by atoms with Crippen molar-refractivity contribution in [3.8, 4) is 0 Å². The second-order valence-corrected chi connectivity index (χ2v) is 11.9. The summed E-state index contributed by atoms with van der Waals surface area (Å²) < 4.78 is 54.7. The molecule has 1 amide bonds. The highest BCUT2D eigenvalue weighted by Gasteiger charge is 2.33. The Morgan fingerprint density at radius 3 is 2.19 bits per heavy atom. The number of amides is 1. The van der Waals surface area contributed by atoms with Crippen LogP contribution >= 0.6 is 11.6 Å². The summed E-state index contributed by atoms with van der Waals surface area (Å²) in [5.41, 5.74) is 0.800. The maximum absolute atomic E-state index is 12.7. The number of carbonyl (C=O) groups excluding carboxylic acids is 1. The molecule has 2 N–H and O–H groups in total. The SMILES string of the molecule is CN(C)S(=O)(=O)N1CCCC(C(=O)Nc2ccc(S(=O)(=O)Nc3ccc(Cl)cc3)cc2)C1. The molecule has 1 heterocycles. The third kappa shape index (κ3) is 5.78. The molecule has 12 heteroatoms. The van der Waals surface area contributed by atoms with E-state index < -0.39 is 26.2 Å². The van der Waals surface area contributed by atoms with Gasteiger partial charge in [0.1, 0.15) is 0 Å². The molecule has 0 aromatic heterocycles. The molecule has 0 spiro atoms. The van der Waals surface area contributed by atoms with Gasteiger partial charge >= 0.3 is 0 Å². The summed E-state index contributed by atoms with van der Waals surface area (Å²) in [7, 11) is -4.48. The second-order valence-electron chi connectivity index (χ2n) is 7.61. The van der Waals surface area contributed by atoms with Crippen molar-refractivity contribution in [1.82, 2.24) is 8.61 Å². The van der Waals surface area contributed by atoms with E-state index in [0.717, 1.165) is 4.31 Å². The van der Waals surface area contributed by atoms with E-state index in [1.807, 2.05) is 0 Å². The van der Waals surface area contributed by atoms with Crippen LogP contribution in [0.1, 0.15) is 12.8 Å². The normalized spacial score (nSPS) is 17.8. The van der Waals surface area contributed by atoms with E-state index in [9.17, 15) is 21.6 Å². The first-order valence-electron chi connectivity index (χ1n) is 9.86. The highest BCUT2D eigenvalue weighted by atomic mass is 35.5. The van der Waals surface area contributed by atoms with Crippen LogP contribution in [0.15, 0.2) is 53.4 Å². The zero-order valence-corrected chi connectivity index (χ0v) is 20.0. The van der Waals surface area contributed by atoms with Crippen LogP contribution in [0.5, 0.6) is 0 Å². The van der Waals surface area contributed by atoms with Crippen molar-refractivity contribution < 1.29 is 21.6 Å². The number of piperidine rings is 1. The highest BCUT2D eigenvalue weighted by Crippen LogP contribution is 2.23. The number of hydrogen-bond donors (Lipinski definition) is 2. The third-order valence-electron chi connectivity index (χ3n) is 5.07. The molecule has 0 bridgehead atoms. The smallest absolute Gasteiger partial charge is 0.281 e. The van der Waals surface area contributed by atoms with Gasteiger partial charge < -0.3 is 5.32 Å². The van der Waals surface area contributed by atoms with Gasteiger partial charge in [-0.2, -0.15) is 17.0 Å². The van der Waals surface area contributed by atoms with Crippen LogP contribution in [0.25, 0.3) is 0 Å². The number of benzene rings is 2. The van der Waals surface area contributed by atoms with Gasteiger partial charge in [0.15, 0.2) is 0 Å².